The van der Waals surface area contributed by atoms with Crippen molar-refractivity contribution in [3.63, 3.8) is 0 Å². The summed E-state index contributed by atoms with van der Waals surface area (Å²) in [5, 5.41) is 13.5. The van der Waals surface area contributed by atoms with Crippen LogP contribution in [0.3, 0.4) is 0 Å². The normalized spacial score (nSPS) is 27.6. The van der Waals surface area contributed by atoms with Crippen molar-refractivity contribution < 1.29 is 33.8 Å². The molecule has 3 aliphatic heterocycles. The molecule has 2 bridgehead atoms. The largest absolute Gasteiger partial charge is 0.455 e. The van der Waals surface area contributed by atoms with Gasteiger partial charge in [0.1, 0.15) is 17.7 Å². The van der Waals surface area contributed by atoms with Gasteiger partial charge in [0.25, 0.3) is 0 Å². The van der Waals surface area contributed by atoms with Gasteiger partial charge >= 0.3 is 5.97 Å². The lowest BCUT2D eigenvalue weighted by Gasteiger charge is -2.41. The second-order valence-corrected chi connectivity index (χ2v) is 14.5. The maximum Gasteiger partial charge on any atom is 0.313 e. The van der Waals surface area contributed by atoms with Crippen molar-refractivity contribution in [3.05, 3.63) is 61.2 Å². The second-order valence-electron chi connectivity index (χ2n) is 13.3. The lowest BCUT2D eigenvalue weighted by Crippen LogP contribution is -2.60. The van der Waals surface area contributed by atoms with Crippen molar-refractivity contribution in [2.24, 2.45) is 17.8 Å². The molecule has 1 unspecified atom stereocenters. The minimum absolute atomic E-state index is 0.0492. The average Bonchev–Trinajstić information content (AvgIpc) is 3.68. The van der Waals surface area contributed by atoms with Gasteiger partial charge in [-0.25, -0.2) is 0 Å². The quantitative estimate of drug-likeness (QED) is 0.0915. The maximum absolute atomic E-state index is 14.7. The fourth-order valence-electron chi connectivity index (χ4n) is 7.60. The molecule has 10 nitrogen and oxygen atoms in total. The topological polar surface area (TPSA) is 125 Å². The zero-order valence-electron chi connectivity index (χ0n) is 28.5. The van der Waals surface area contributed by atoms with Gasteiger partial charge in [0.15, 0.2) is 0 Å². The van der Waals surface area contributed by atoms with Gasteiger partial charge in [-0.3, -0.25) is 19.2 Å². The first kappa shape index (κ1) is 37.8. The molecule has 3 aliphatic rings. The Hall–Kier alpha value is -3.02. The van der Waals surface area contributed by atoms with E-state index in [0.717, 1.165) is 19.3 Å². The fourth-order valence-corrected chi connectivity index (χ4v) is 8.55. The molecule has 1 spiro atoms. The number of amides is 3. The van der Waals surface area contributed by atoms with Gasteiger partial charge in [-0.2, -0.15) is 0 Å². The lowest BCUT2D eigenvalue weighted by molar-refractivity contribution is -0.161. The van der Waals surface area contributed by atoms with E-state index in [4.69, 9.17) is 9.47 Å². The molecule has 1 aromatic carbocycles. The van der Waals surface area contributed by atoms with Crippen LogP contribution in [0.1, 0.15) is 77.4 Å². The first-order valence-corrected chi connectivity index (χ1v) is 18.3. The SMILES string of the molecule is C=CCCC(=O)NC[C@H](OC(=O)[C@@H]1[C@H]2O[C@@]3(CC2Br)[C@H](C(=O)N(CC=C)CCCCC)N([C@@H](CO)[C@@H](C)CC)C(=O)[C@@H]13)c1ccccc1. The van der Waals surface area contributed by atoms with Crippen LogP contribution in [0.25, 0.3) is 0 Å². The zero-order chi connectivity index (χ0) is 35.0. The number of alkyl halides is 1. The summed E-state index contributed by atoms with van der Waals surface area (Å²) in [4.78, 5) is 59.1. The first-order valence-electron chi connectivity index (χ1n) is 17.4. The van der Waals surface area contributed by atoms with Crippen LogP contribution in [-0.4, -0.2) is 93.5 Å². The molecule has 0 aromatic heterocycles. The van der Waals surface area contributed by atoms with Gasteiger partial charge < -0.3 is 29.7 Å². The van der Waals surface area contributed by atoms with Gasteiger partial charge in [0.05, 0.1) is 37.1 Å². The summed E-state index contributed by atoms with van der Waals surface area (Å²) >= 11 is 3.73. The van der Waals surface area contributed by atoms with Crippen molar-refractivity contribution in [2.75, 3.05) is 26.2 Å². The van der Waals surface area contributed by atoms with E-state index in [-0.39, 0.29) is 48.0 Å². The molecule has 0 saturated carbocycles. The average molecular weight is 731 g/mol. The molecule has 264 valence electrons. The number of carbonyl (C=O) groups excluding carboxylic acids is 4. The number of halogens is 1. The Morgan fingerprint density at radius 3 is 2.56 bits per heavy atom. The van der Waals surface area contributed by atoms with E-state index in [9.17, 15) is 24.3 Å². The van der Waals surface area contributed by atoms with Crippen LogP contribution >= 0.6 is 15.9 Å². The highest BCUT2D eigenvalue weighted by molar-refractivity contribution is 9.09. The second kappa shape index (κ2) is 17.1. The summed E-state index contributed by atoms with van der Waals surface area (Å²) in [7, 11) is 0. The highest BCUT2D eigenvalue weighted by Gasteiger charge is 2.77. The number of aliphatic hydroxyl groups is 1. The Kier molecular flexibility index (Phi) is 13.4. The number of hydrogen-bond donors (Lipinski definition) is 2. The molecule has 3 heterocycles. The van der Waals surface area contributed by atoms with E-state index in [1.165, 1.54) is 4.90 Å². The molecule has 3 fully saturated rings. The summed E-state index contributed by atoms with van der Waals surface area (Å²) in [6, 6.07) is 7.47. The molecule has 11 heteroatoms. The molecule has 0 aliphatic carbocycles. The molecular weight excluding hydrogens is 678 g/mol. The number of aliphatic hydroxyl groups excluding tert-OH is 1. The zero-order valence-corrected chi connectivity index (χ0v) is 30.1. The first-order chi connectivity index (χ1) is 23.1. The summed E-state index contributed by atoms with van der Waals surface area (Å²) in [5.74, 6) is -3.55. The number of nitrogens with zero attached hydrogens (tertiary/aromatic N) is 2. The molecule has 0 radical (unpaired) electrons. The summed E-state index contributed by atoms with van der Waals surface area (Å²) < 4.78 is 12.9. The summed E-state index contributed by atoms with van der Waals surface area (Å²) in [5.41, 5.74) is -0.594. The van der Waals surface area contributed by atoms with Gasteiger partial charge in [-0.05, 0) is 30.7 Å². The molecule has 2 N–H and O–H groups in total. The lowest BCUT2D eigenvalue weighted by atomic mass is 9.70. The van der Waals surface area contributed by atoms with Gasteiger partial charge in [-0.1, -0.05) is 98.4 Å². The standard InChI is InChI=1S/C37H52BrN3O7/c1-6-10-15-20-40(19-8-3)35(45)33-37-21-26(38)32(48-37)30(31(37)34(44)41(33)27(23-42)24(5)9-4)36(46)47-28(25-16-13-12-14-17-25)22-39-29(43)18-11-7-2/h7-8,12-14,16-17,24,26-28,30-33,42H,2-3,6,9-11,15,18-23H2,1,4-5H3,(H,39,43)/t24-,26?,27-,28-,30-,31+,32-,33-,37+/m0/s1. The van der Waals surface area contributed by atoms with Crippen molar-refractivity contribution in [1.29, 1.82) is 0 Å². The van der Waals surface area contributed by atoms with Crippen LogP contribution in [0.2, 0.25) is 0 Å². The van der Waals surface area contributed by atoms with E-state index < -0.39 is 47.7 Å². The Morgan fingerprint density at radius 1 is 1.21 bits per heavy atom. The third-order valence-electron chi connectivity index (χ3n) is 10.3. The molecule has 1 aromatic rings. The number of fused-ring (bicyclic) bond motifs is 1. The van der Waals surface area contributed by atoms with E-state index in [1.54, 1.807) is 17.1 Å². The number of allylic oxidation sites excluding steroid dienone is 1. The molecule has 3 saturated heterocycles. The third kappa shape index (κ3) is 7.58. The van der Waals surface area contributed by atoms with Crippen LogP contribution in [0.15, 0.2) is 55.6 Å². The number of likely N-dealkylation sites (tertiary alicyclic amines) is 1. The fraction of sp³-hybridized carbons (Fsp3) is 0.622. The molecule has 4 rings (SSSR count). The molecule has 48 heavy (non-hydrogen) atoms. The Balaban J connectivity index is 1.71. The smallest absolute Gasteiger partial charge is 0.313 e. The van der Waals surface area contributed by atoms with Crippen molar-refractivity contribution in [2.45, 2.75) is 100 Å². The number of carbonyl (C=O) groups is 4. The van der Waals surface area contributed by atoms with E-state index in [2.05, 4.69) is 41.3 Å². The minimum atomic E-state index is -1.29. The number of unbranched alkanes of at least 4 members (excludes halogenated alkanes) is 2. The maximum atomic E-state index is 14.7. The molecule has 9 atom stereocenters. The third-order valence-corrected chi connectivity index (χ3v) is 11.1. The summed E-state index contributed by atoms with van der Waals surface area (Å²) in [6.07, 6.45) is 6.36. The minimum Gasteiger partial charge on any atom is -0.455 e. The molecular formula is C37H52BrN3O7. The van der Waals surface area contributed by atoms with Crippen LogP contribution in [0, 0.1) is 17.8 Å². The number of ether oxygens (including phenoxy) is 2. The van der Waals surface area contributed by atoms with Crippen molar-refractivity contribution >= 4 is 39.6 Å². The number of nitrogens with one attached hydrogen (secondary N) is 1. The van der Waals surface area contributed by atoms with E-state index >= 15 is 0 Å². The highest BCUT2D eigenvalue weighted by atomic mass is 79.9. The van der Waals surface area contributed by atoms with E-state index in [1.807, 2.05) is 44.2 Å². The Morgan fingerprint density at radius 2 is 1.94 bits per heavy atom. The highest BCUT2D eigenvalue weighted by Crippen LogP contribution is 2.61. The van der Waals surface area contributed by atoms with Crippen LogP contribution in [0.4, 0.5) is 0 Å². The predicted octanol–water partition coefficient (Wildman–Crippen LogP) is 4.71. The number of hydrogen-bond acceptors (Lipinski definition) is 7. The Labute approximate surface area is 293 Å². The Bertz CT molecular complexity index is 1310. The van der Waals surface area contributed by atoms with Crippen LogP contribution in [0.5, 0.6) is 0 Å². The van der Waals surface area contributed by atoms with Gasteiger partial charge in [0.2, 0.25) is 17.7 Å². The van der Waals surface area contributed by atoms with Crippen molar-refractivity contribution in [1.82, 2.24) is 15.1 Å². The number of benzene rings is 1. The van der Waals surface area contributed by atoms with Gasteiger partial charge in [-0.15, -0.1) is 13.2 Å². The summed E-state index contributed by atoms with van der Waals surface area (Å²) in [6.45, 7) is 14.1. The number of esters is 1. The van der Waals surface area contributed by atoms with Gasteiger partial charge in [0, 0.05) is 24.3 Å². The van der Waals surface area contributed by atoms with E-state index in [0.29, 0.717) is 37.9 Å². The van der Waals surface area contributed by atoms with Crippen LogP contribution < -0.4 is 5.32 Å². The van der Waals surface area contributed by atoms with Crippen LogP contribution in [-0.2, 0) is 28.7 Å². The monoisotopic (exact) mass is 729 g/mol. The number of rotatable bonds is 19. The predicted molar refractivity (Wildman–Crippen MR) is 187 cm³/mol. The molecule has 3 amide bonds. The van der Waals surface area contributed by atoms with Crippen molar-refractivity contribution in [3.8, 4) is 0 Å².